The van der Waals surface area contributed by atoms with E-state index in [9.17, 15) is 9.18 Å². The van der Waals surface area contributed by atoms with Crippen LogP contribution in [0.2, 0.25) is 0 Å². The van der Waals surface area contributed by atoms with Crippen molar-refractivity contribution in [2.75, 3.05) is 31.1 Å². The summed E-state index contributed by atoms with van der Waals surface area (Å²) >= 11 is 0. The second kappa shape index (κ2) is 6.73. The number of aryl methyl sites for hydroxylation is 2. The number of anilines is 1. The molecule has 1 saturated heterocycles. The van der Waals surface area contributed by atoms with Gasteiger partial charge in [0, 0.05) is 38.3 Å². The Labute approximate surface area is 141 Å². The number of hydrogen-bond acceptors (Lipinski definition) is 5. The minimum absolute atomic E-state index is 0.191. The Balaban J connectivity index is 1.70. The molecule has 1 aromatic carbocycles. The molecule has 0 atom stereocenters. The van der Waals surface area contributed by atoms with Gasteiger partial charge in [-0.2, -0.15) is 0 Å². The third kappa shape index (κ3) is 3.19. The molecule has 5 nitrogen and oxygen atoms in total. The number of halogens is 1. The maximum absolute atomic E-state index is 14.0. The Morgan fingerprint density at radius 3 is 2.54 bits per heavy atom. The van der Waals surface area contributed by atoms with E-state index >= 15 is 0 Å². The van der Waals surface area contributed by atoms with E-state index in [0.717, 1.165) is 49.7 Å². The zero-order valence-corrected chi connectivity index (χ0v) is 14.3. The molecule has 6 heteroatoms. The number of aromatic nitrogens is 1. The second-order valence-corrected chi connectivity index (χ2v) is 6.26. The van der Waals surface area contributed by atoms with Crippen molar-refractivity contribution < 1.29 is 13.7 Å². The fourth-order valence-corrected chi connectivity index (χ4v) is 3.22. The minimum Gasteiger partial charge on any atom is -0.368 e. The molecular formula is C18H22FN3O2. The average Bonchev–Trinajstić information content (AvgIpc) is 2.87. The number of Topliss-reactive ketones (excluding diaryl/α,β-unsaturated/α-hetero) is 1. The predicted octanol–water partition coefficient (Wildman–Crippen LogP) is 2.96. The van der Waals surface area contributed by atoms with Crippen LogP contribution >= 0.6 is 0 Å². The topological polar surface area (TPSA) is 49.6 Å². The lowest BCUT2D eigenvalue weighted by Crippen LogP contribution is -2.46. The molecule has 2 heterocycles. The molecule has 0 spiro atoms. The van der Waals surface area contributed by atoms with Crippen molar-refractivity contribution in [1.29, 1.82) is 0 Å². The van der Waals surface area contributed by atoms with Gasteiger partial charge in [-0.1, -0.05) is 11.2 Å². The van der Waals surface area contributed by atoms with E-state index in [1.165, 1.54) is 13.0 Å². The van der Waals surface area contributed by atoms with Crippen LogP contribution in [0.4, 0.5) is 10.1 Å². The highest BCUT2D eigenvalue weighted by Gasteiger charge is 2.23. The van der Waals surface area contributed by atoms with Crippen LogP contribution in [0.25, 0.3) is 0 Å². The van der Waals surface area contributed by atoms with Gasteiger partial charge in [-0.3, -0.25) is 9.69 Å². The van der Waals surface area contributed by atoms with Gasteiger partial charge in [0.1, 0.15) is 11.6 Å². The maximum Gasteiger partial charge on any atom is 0.164 e. The molecule has 128 valence electrons. The van der Waals surface area contributed by atoms with Gasteiger partial charge in [0.05, 0.1) is 16.9 Å². The van der Waals surface area contributed by atoms with Crippen LogP contribution in [0.3, 0.4) is 0 Å². The first-order valence-corrected chi connectivity index (χ1v) is 8.16. The highest BCUT2D eigenvalue weighted by atomic mass is 19.1. The van der Waals surface area contributed by atoms with Gasteiger partial charge in [0.15, 0.2) is 5.78 Å². The number of ketones is 1. The Morgan fingerprint density at radius 1 is 1.25 bits per heavy atom. The third-order valence-electron chi connectivity index (χ3n) is 4.62. The first-order chi connectivity index (χ1) is 11.5. The minimum atomic E-state index is -0.446. The molecule has 1 aromatic heterocycles. The lowest BCUT2D eigenvalue weighted by molar-refractivity contribution is 0.101. The Bertz CT molecular complexity index is 729. The number of piperazine rings is 1. The summed E-state index contributed by atoms with van der Waals surface area (Å²) in [6.07, 6.45) is 0. The summed E-state index contributed by atoms with van der Waals surface area (Å²) in [6.45, 7) is 9.30. The molecule has 0 amide bonds. The van der Waals surface area contributed by atoms with E-state index < -0.39 is 5.82 Å². The summed E-state index contributed by atoms with van der Waals surface area (Å²) in [5.74, 6) is 0.179. The summed E-state index contributed by atoms with van der Waals surface area (Å²) in [5.41, 5.74) is 2.95. The van der Waals surface area contributed by atoms with Crippen molar-refractivity contribution >= 4 is 11.5 Å². The van der Waals surface area contributed by atoms with E-state index in [1.54, 1.807) is 6.07 Å². The van der Waals surface area contributed by atoms with Gasteiger partial charge in [0.25, 0.3) is 0 Å². The molecule has 2 aromatic rings. The SMILES string of the molecule is CC(=O)c1c(F)cccc1N1CCN(Cc2c(C)noc2C)CC1. The monoisotopic (exact) mass is 331 g/mol. The predicted molar refractivity (Wildman–Crippen MR) is 89.9 cm³/mol. The van der Waals surface area contributed by atoms with Gasteiger partial charge in [0.2, 0.25) is 0 Å². The third-order valence-corrected chi connectivity index (χ3v) is 4.62. The van der Waals surface area contributed by atoms with Crippen molar-refractivity contribution in [1.82, 2.24) is 10.1 Å². The average molecular weight is 331 g/mol. The number of rotatable bonds is 4. The highest BCUT2D eigenvalue weighted by molar-refractivity contribution is 6.00. The number of carbonyl (C=O) groups is 1. The van der Waals surface area contributed by atoms with Crippen LogP contribution in [0.1, 0.15) is 34.3 Å². The van der Waals surface area contributed by atoms with Crippen LogP contribution in [0, 0.1) is 19.7 Å². The zero-order chi connectivity index (χ0) is 17.3. The van der Waals surface area contributed by atoms with Gasteiger partial charge >= 0.3 is 0 Å². The van der Waals surface area contributed by atoms with E-state index in [2.05, 4.69) is 15.0 Å². The number of carbonyl (C=O) groups excluding carboxylic acids is 1. The largest absolute Gasteiger partial charge is 0.368 e. The number of nitrogens with zero attached hydrogens (tertiary/aromatic N) is 3. The quantitative estimate of drug-likeness (QED) is 0.806. The summed E-state index contributed by atoms with van der Waals surface area (Å²) in [4.78, 5) is 16.2. The zero-order valence-electron chi connectivity index (χ0n) is 14.3. The fraction of sp³-hybridized carbons (Fsp3) is 0.444. The molecule has 1 fully saturated rings. The van der Waals surface area contributed by atoms with Gasteiger partial charge in [-0.05, 0) is 32.9 Å². The first-order valence-electron chi connectivity index (χ1n) is 8.16. The van der Waals surface area contributed by atoms with E-state index in [1.807, 2.05) is 19.9 Å². The van der Waals surface area contributed by atoms with Gasteiger partial charge in [-0.15, -0.1) is 0 Å². The molecule has 0 radical (unpaired) electrons. The summed E-state index contributed by atoms with van der Waals surface area (Å²) in [6, 6.07) is 4.82. The van der Waals surface area contributed by atoms with Gasteiger partial charge < -0.3 is 9.42 Å². The van der Waals surface area contributed by atoms with E-state index in [-0.39, 0.29) is 11.3 Å². The molecule has 0 saturated carbocycles. The smallest absolute Gasteiger partial charge is 0.164 e. The molecule has 0 N–H and O–H groups in total. The molecular weight excluding hydrogens is 309 g/mol. The van der Waals surface area contributed by atoms with Crippen LogP contribution in [-0.4, -0.2) is 42.0 Å². The normalized spacial score (nSPS) is 15.8. The van der Waals surface area contributed by atoms with Crippen LogP contribution in [0.15, 0.2) is 22.7 Å². The lowest BCUT2D eigenvalue weighted by atomic mass is 10.1. The number of benzene rings is 1. The van der Waals surface area contributed by atoms with E-state index in [4.69, 9.17) is 4.52 Å². The lowest BCUT2D eigenvalue weighted by Gasteiger charge is -2.36. The molecule has 3 rings (SSSR count). The summed E-state index contributed by atoms with van der Waals surface area (Å²) in [7, 11) is 0. The van der Waals surface area contributed by atoms with Crippen molar-refractivity contribution in [3.05, 3.63) is 46.6 Å². The van der Waals surface area contributed by atoms with Crippen LogP contribution in [0.5, 0.6) is 0 Å². The molecule has 1 aliphatic heterocycles. The summed E-state index contributed by atoms with van der Waals surface area (Å²) < 4.78 is 19.2. The maximum atomic E-state index is 14.0. The Morgan fingerprint density at radius 2 is 1.96 bits per heavy atom. The number of hydrogen-bond donors (Lipinski definition) is 0. The van der Waals surface area contributed by atoms with Crippen LogP contribution in [-0.2, 0) is 6.54 Å². The molecule has 1 aliphatic rings. The van der Waals surface area contributed by atoms with Crippen molar-refractivity contribution in [3.8, 4) is 0 Å². The molecule has 0 bridgehead atoms. The highest BCUT2D eigenvalue weighted by Crippen LogP contribution is 2.25. The fourth-order valence-electron chi connectivity index (χ4n) is 3.22. The van der Waals surface area contributed by atoms with Gasteiger partial charge in [-0.25, -0.2) is 4.39 Å². The van der Waals surface area contributed by atoms with Crippen LogP contribution < -0.4 is 4.90 Å². The van der Waals surface area contributed by atoms with Crippen molar-refractivity contribution in [2.24, 2.45) is 0 Å². The van der Waals surface area contributed by atoms with Crippen molar-refractivity contribution in [2.45, 2.75) is 27.3 Å². The van der Waals surface area contributed by atoms with Crippen molar-refractivity contribution in [3.63, 3.8) is 0 Å². The standard InChI is InChI=1S/C18H22FN3O2/c1-12-15(14(3)24-20-12)11-21-7-9-22(10-8-21)17-6-4-5-16(19)18(17)13(2)23/h4-6H,7-11H2,1-3H3. The molecule has 0 unspecified atom stereocenters. The summed E-state index contributed by atoms with van der Waals surface area (Å²) in [5, 5.41) is 3.99. The first kappa shape index (κ1) is 16.6. The molecule has 24 heavy (non-hydrogen) atoms. The molecule has 0 aliphatic carbocycles. The second-order valence-electron chi connectivity index (χ2n) is 6.26. The Hall–Kier alpha value is -2.21. The van der Waals surface area contributed by atoms with E-state index in [0.29, 0.717) is 5.69 Å². The Kier molecular flexibility index (Phi) is 4.66.